The fourth-order valence-corrected chi connectivity index (χ4v) is 4.00. The molecule has 0 radical (unpaired) electrons. The molecule has 0 unspecified atom stereocenters. The van der Waals surface area contributed by atoms with E-state index in [1.165, 1.54) is 16.6 Å². The van der Waals surface area contributed by atoms with Gasteiger partial charge in [-0.3, -0.25) is 4.79 Å². The zero-order valence-electron chi connectivity index (χ0n) is 20.0. The Morgan fingerprint density at radius 3 is 2.53 bits per heavy atom. The standard InChI is InChI=1S/C27H37N3O2/c1-20(2)27(31)28-14-9-5-6-13-26-29-24-11-7-8-12-25(24)30(26)15-10-16-32-23-18-21(3)17-22(4)19-23/h7-8,11-12,17-20H,5-6,9-10,13-16H2,1-4H3,(H,28,31). The van der Waals surface area contributed by atoms with E-state index in [0.29, 0.717) is 6.61 Å². The number of unbranched alkanes of at least 4 members (excludes halogenated alkanes) is 2. The Hall–Kier alpha value is -2.82. The van der Waals surface area contributed by atoms with Crippen molar-refractivity contribution in [3.8, 4) is 5.75 Å². The summed E-state index contributed by atoms with van der Waals surface area (Å²) in [7, 11) is 0. The van der Waals surface area contributed by atoms with Crippen LogP contribution in [0, 0.1) is 19.8 Å². The number of aromatic nitrogens is 2. The number of nitrogens with one attached hydrogen (secondary N) is 1. The first-order valence-corrected chi connectivity index (χ1v) is 11.9. The van der Waals surface area contributed by atoms with Crippen molar-refractivity contribution in [3.63, 3.8) is 0 Å². The molecule has 2 aromatic carbocycles. The van der Waals surface area contributed by atoms with Crippen molar-refractivity contribution in [2.45, 2.75) is 66.3 Å². The molecule has 0 bridgehead atoms. The van der Waals surface area contributed by atoms with Gasteiger partial charge in [-0.2, -0.15) is 0 Å². The van der Waals surface area contributed by atoms with E-state index < -0.39 is 0 Å². The van der Waals surface area contributed by atoms with E-state index >= 15 is 0 Å². The quantitative estimate of drug-likeness (QED) is 0.376. The summed E-state index contributed by atoms with van der Waals surface area (Å²) in [5, 5.41) is 2.99. The molecular formula is C27H37N3O2. The van der Waals surface area contributed by atoms with Crippen molar-refractivity contribution in [2.24, 2.45) is 5.92 Å². The Bertz CT molecular complexity index is 1000. The zero-order valence-corrected chi connectivity index (χ0v) is 20.0. The molecule has 172 valence electrons. The van der Waals surface area contributed by atoms with Crippen LogP contribution in [0.1, 0.15) is 56.5 Å². The number of amides is 1. The number of fused-ring (bicyclic) bond motifs is 1. The molecule has 0 atom stereocenters. The number of hydrogen-bond donors (Lipinski definition) is 1. The molecule has 3 rings (SSSR count). The topological polar surface area (TPSA) is 56.1 Å². The van der Waals surface area contributed by atoms with Crippen LogP contribution in [0.3, 0.4) is 0 Å². The normalized spacial score (nSPS) is 11.3. The van der Waals surface area contributed by atoms with Gasteiger partial charge in [-0.25, -0.2) is 4.98 Å². The summed E-state index contributed by atoms with van der Waals surface area (Å²) in [6, 6.07) is 14.7. The van der Waals surface area contributed by atoms with Crippen molar-refractivity contribution in [2.75, 3.05) is 13.2 Å². The maximum atomic E-state index is 11.7. The number of carbonyl (C=O) groups excluding carboxylic acids is 1. The molecule has 1 heterocycles. The van der Waals surface area contributed by atoms with Crippen molar-refractivity contribution in [3.05, 3.63) is 59.4 Å². The summed E-state index contributed by atoms with van der Waals surface area (Å²) in [6.07, 6.45) is 5.03. The summed E-state index contributed by atoms with van der Waals surface area (Å²) < 4.78 is 8.36. The number of ether oxygens (including phenoxy) is 1. The molecule has 1 amide bonds. The van der Waals surface area contributed by atoms with Gasteiger partial charge in [0.15, 0.2) is 0 Å². The van der Waals surface area contributed by atoms with Gasteiger partial charge in [-0.15, -0.1) is 0 Å². The fraction of sp³-hybridized carbons (Fsp3) is 0.481. The third kappa shape index (κ3) is 6.84. The molecular weight excluding hydrogens is 398 g/mol. The Morgan fingerprint density at radius 1 is 1.03 bits per heavy atom. The van der Waals surface area contributed by atoms with E-state index in [4.69, 9.17) is 9.72 Å². The number of para-hydroxylation sites is 2. The molecule has 1 N–H and O–H groups in total. The summed E-state index contributed by atoms with van der Waals surface area (Å²) in [6.45, 7) is 10.4. The van der Waals surface area contributed by atoms with Crippen LogP contribution in [0.2, 0.25) is 0 Å². The second-order valence-electron chi connectivity index (χ2n) is 8.95. The highest BCUT2D eigenvalue weighted by Crippen LogP contribution is 2.20. The Balaban J connectivity index is 1.51. The number of rotatable bonds is 12. The highest BCUT2D eigenvalue weighted by atomic mass is 16.5. The fourth-order valence-electron chi connectivity index (χ4n) is 4.00. The lowest BCUT2D eigenvalue weighted by atomic mass is 10.1. The number of benzene rings is 2. The van der Waals surface area contributed by atoms with E-state index in [1.807, 2.05) is 19.9 Å². The van der Waals surface area contributed by atoms with Crippen LogP contribution in [-0.4, -0.2) is 28.6 Å². The number of imidazole rings is 1. The molecule has 5 nitrogen and oxygen atoms in total. The minimum Gasteiger partial charge on any atom is -0.494 e. The lowest BCUT2D eigenvalue weighted by Gasteiger charge is -2.11. The van der Waals surface area contributed by atoms with Crippen molar-refractivity contribution in [1.82, 2.24) is 14.9 Å². The Morgan fingerprint density at radius 2 is 1.78 bits per heavy atom. The van der Waals surface area contributed by atoms with Crippen LogP contribution < -0.4 is 10.1 Å². The average Bonchev–Trinajstić information content (AvgIpc) is 3.10. The van der Waals surface area contributed by atoms with E-state index in [-0.39, 0.29) is 11.8 Å². The van der Waals surface area contributed by atoms with Crippen LogP contribution in [0.15, 0.2) is 42.5 Å². The summed E-state index contributed by atoms with van der Waals surface area (Å²) >= 11 is 0. The van der Waals surface area contributed by atoms with Gasteiger partial charge in [0, 0.05) is 25.4 Å². The van der Waals surface area contributed by atoms with Crippen molar-refractivity contribution >= 4 is 16.9 Å². The molecule has 3 aromatic rings. The predicted octanol–water partition coefficient (Wildman–Crippen LogP) is 5.61. The Kier molecular flexibility index (Phi) is 8.72. The molecule has 5 heteroatoms. The monoisotopic (exact) mass is 435 g/mol. The van der Waals surface area contributed by atoms with Gasteiger partial charge < -0.3 is 14.6 Å². The minimum absolute atomic E-state index is 0.0498. The highest BCUT2D eigenvalue weighted by Gasteiger charge is 2.10. The number of aryl methyl sites for hydroxylation is 4. The SMILES string of the molecule is Cc1cc(C)cc(OCCCn2c(CCCCCNC(=O)C(C)C)nc3ccccc32)c1. The van der Waals surface area contributed by atoms with Gasteiger partial charge in [-0.1, -0.05) is 38.5 Å². The summed E-state index contributed by atoms with van der Waals surface area (Å²) in [5.41, 5.74) is 4.71. The maximum Gasteiger partial charge on any atom is 0.222 e. The number of carbonyl (C=O) groups is 1. The highest BCUT2D eigenvalue weighted by molar-refractivity contribution is 5.77. The Labute approximate surface area is 192 Å². The van der Waals surface area contributed by atoms with Gasteiger partial charge in [0.05, 0.1) is 17.6 Å². The van der Waals surface area contributed by atoms with E-state index in [9.17, 15) is 4.79 Å². The summed E-state index contributed by atoms with van der Waals surface area (Å²) in [5.74, 6) is 2.27. The first-order valence-electron chi connectivity index (χ1n) is 11.9. The zero-order chi connectivity index (χ0) is 22.9. The van der Waals surface area contributed by atoms with Crippen molar-refractivity contribution < 1.29 is 9.53 Å². The van der Waals surface area contributed by atoms with Crippen LogP contribution in [0.4, 0.5) is 0 Å². The van der Waals surface area contributed by atoms with Crippen LogP contribution in [0.5, 0.6) is 5.75 Å². The van der Waals surface area contributed by atoms with E-state index in [2.05, 4.69) is 60.1 Å². The molecule has 0 saturated heterocycles. The molecule has 32 heavy (non-hydrogen) atoms. The molecule has 0 aliphatic heterocycles. The second-order valence-corrected chi connectivity index (χ2v) is 8.95. The van der Waals surface area contributed by atoms with Crippen LogP contribution >= 0.6 is 0 Å². The molecule has 0 aliphatic carbocycles. The largest absolute Gasteiger partial charge is 0.494 e. The first kappa shape index (κ1) is 23.8. The average molecular weight is 436 g/mol. The van der Waals surface area contributed by atoms with Gasteiger partial charge in [0.1, 0.15) is 11.6 Å². The molecule has 0 fully saturated rings. The van der Waals surface area contributed by atoms with E-state index in [0.717, 1.165) is 62.3 Å². The molecule has 0 aliphatic rings. The van der Waals surface area contributed by atoms with Crippen LogP contribution in [0.25, 0.3) is 11.0 Å². The second kappa shape index (κ2) is 11.7. The number of nitrogens with zero attached hydrogens (tertiary/aromatic N) is 2. The first-order chi connectivity index (χ1) is 15.4. The van der Waals surface area contributed by atoms with E-state index in [1.54, 1.807) is 0 Å². The molecule has 1 aromatic heterocycles. The lowest BCUT2D eigenvalue weighted by Crippen LogP contribution is -2.28. The lowest BCUT2D eigenvalue weighted by molar-refractivity contribution is -0.123. The summed E-state index contributed by atoms with van der Waals surface area (Å²) in [4.78, 5) is 16.5. The van der Waals surface area contributed by atoms with Gasteiger partial charge in [0.25, 0.3) is 0 Å². The molecule has 0 spiro atoms. The smallest absolute Gasteiger partial charge is 0.222 e. The molecule has 0 saturated carbocycles. The van der Waals surface area contributed by atoms with Gasteiger partial charge in [0.2, 0.25) is 5.91 Å². The van der Waals surface area contributed by atoms with Gasteiger partial charge >= 0.3 is 0 Å². The van der Waals surface area contributed by atoms with Crippen molar-refractivity contribution in [1.29, 1.82) is 0 Å². The number of hydrogen-bond acceptors (Lipinski definition) is 3. The third-order valence-electron chi connectivity index (χ3n) is 5.62. The van der Waals surface area contributed by atoms with Crippen LogP contribution in [-0.2, 0) is 17.8 Å². The maximum absolute atomic E-state index is 11.7. The van der Waals surface area contributed by atoms with Gasteiger partial charge in [-0.05, 0) is 68.5 Å². The minimum atomic E-state index is 0.0498. The predicted molar refractivity (Wildman–Crippen MR) is 131 cm³/mol. The third-order valence-corrected chi connectivity index (χ3v) is 5.62.